The largest absolute Gasteiger partial charge is 0.301 e. The number of nitrogens with zero attached hydrogens (tertiary/aromatic N) is 2. The minimum Gasteiger partial charge on any atom is -0.301 e. The van der Waals surface area contributed by atoms with Crippen LogP contribution in [0.5, 0.6) is 0 Å². The highest BCUT2D eigenvalue weighted by molar-refractivity contribution is 7.80. The Balaban J connectivity index is 2.18. The number of thiol groups is 1. The Morgan fingerprint density at radius 3 is 1.80 bits per heavy atom. The maximum absolute atomic E-state index is 4.34. The van der Waals surface area contributed by atoms with Gasteiger partial charge in [-0.15, -0.1) is 0 Å². The highest BCUT2D eigenvalue weighted by Crippen LogP contribution is 2.08. The van der Waals surface area contributed by atoms with Gasteiger partial charge in [-0.2, -0.15) is 12.6 Å². The second-order valence-corrected chi connectivity index (χ2v) is 5.65. The van der Waals surface area contributed by atoms with Crippen molar-refractivity contribution in [1.29, 1.82) is 0 Å². The van der Waals surface area contributed by atoms with Crippen LogP contribution >= 0.6 is 12.6 Å². The van der Waals surface area contributed by atoms with Crippen molar-refractivity contribution in [3.8, 4) is 0 Å². The minimum atomic E-state index is 0.727. The second kappa shape index (κ2) is 6.77. The predicted octanol–water partition coefficient (Wildman–Crippen LogP) is 1.83. The van der Waals surface area contributed by atoms with Gasteiger partial charge in [0.15, 0.2) is 0 Å². The van der Waals surface area contributed by atoms with E-state index >= 15 is 0 Å². The summed E-state index contributed by atoms with van der Waals surface area (Å²) in [6.07, 6.45) is 0. The van der Waals surface area contributed by atoms with E-state index < -0.39 is 0 Å². The fraction of sp³-hybridized carbons (Fsp3) is 1.00. The molecule has 0 radical (unpaired) electrons. The summed E-state index contributed by atoms with van der Waals surface area (Å²) in [4.78, 5) is 5.17. The summed E-state index contributed by atoms with van der Waals surface area (Å²) in [5.74, 6) is 2.53. The first-order valence-corrected chi connectivity index (χ1v) is 6.80. The molecule has 2 nitrogen and oxygen atoms in total. The Hall–Kier alpha value is 0.270. The van der Waals surface area contributed by atoms with E-state index in [2.05, 4.69) is 43.2 Å². The molecule has 0 bridgehead atoms. The molecule has 1 fully saturated rings. The van der Waals surface area contributed by atoms with Gasteiger partial charge in [-0.1, -0.05) is 20.8 Å². The Bertz CT molecular complexity index is 165. The van der Waals surface area contributed by atoms with E-state index in [4.69, 9.17) is 0 Å². The summed E-state index contributed by atoms with van der Waals surface area (Å²) in [5.41, 5.74) is 0. The van der Waals surface area contributed by atoms with Gasteiger partial charge in [0, 0.05) is 39.3 Å². The highest BCUT2D eigenvalue weighted by atomic mass is 32.1. The van der Waals surface area contributed by atoms with Crippen molar-refractivity contribution in [2.45, 2.75) is 20.8 Å². The molecule has 1 heterocycles. The first-order chi connectivity index (χ1) is 7.11. The quantitative estimate of drug-likeness (QED) is 0.720. The topological polar surface area (TPSA) is 6.48 Å². The zero-order chi connectivity index (χ0) is 11.3. The number of rotatable bonds is 5. The van der Waals surface area contributed by atoms with Crippen LogP contribution in [0.3, 0.4) is 0 Å². The van der Waals surface area contributed by atoms with Gasteiger partial charge in [0.1, 0.15) is 0 Å². The molecule has 0 amide bonds. The Labute approximate surface area is 100 Å². The van der Waals surface area contributed by atoms with Crippen LogP contribution in [0.4, 0.5) is 0 Å². The molecule has 90 valence electrons. The molecule has 0 aromatic heterocycles. The average Bonchev–Trinajstić information content (AvgIpc) is 2.20. The van der Waals surface area contributed by atoms with Gasteiger partial charge in [-0.25, -0.2) is 0 Å². The van der Waals surface area contributed by atoms with E-state index in [9.17, 15) is 0 Å². The summed E-state index contributed by atoms with van der Waals surface area (Å²) in [6.45, 7) is 14.3. The van der Waals surface area contributed by atoms with E-state index in [1.165, 1.54) is 39.3 Å². The normalized spacial score (nSPS) is 22.2. The van der Waals surface area contributed by atoms with Crippen LogP contribution < -0.4 is 0 Å². The molecule has 0 spiro atoms. The molecule has 0 aromatic carbocycles. The van der Waals surface area contributed by atoms with Crippen LogP contribution in [0.25, 0.3) is 0 Å². The third-order valence-corrected chi connectivity index (χ3v) is 3.59. The molecule has 0 N–H and O–H groups in total. The van der Waals surface area contributed by atoms with Gasteiger partial charge in [-0.05, 0) is 17.6 Å². The van der Waals surface area contributed by atoms with Gasteiger partial charge in [-0.3, -0.25) is 0 Å². The predicted molar refractivity (Wildman–Crippen MR) is 70.7 cm³/mol. The molecule has 1 unspecified atom stereocenters. The van der Waals surface area contributed by atoms with Crippen LogP contribution in [0.1, 0.15) is 20.8 Å². The van der Waals surface area contributed by atoms with Crippen molar-refractivity contribution in [2.75, 3.05) is 45.0 Å². The fourth-order valence-electron chi connectivity index (χ4n) is 2.17. The minimum absolute atomic E-state index is 0.727. The van der Waals surface area contributed by atoms with E-state index in [-0.39, 0.29) is 0 Å². The average molecular weight is 230 g/mol. The van der Waals surface area contributed by atoms with E-state index in [1.807, 2.05) is 0 Å². The monoisotopic (exact) mass is 230 g/mol. The Morgan fingerprint density at radius 2 is 1.40 bits per heavy atom. The van der Waals surface area contributed by atoms with E-state index in [0.717, 1.165) is 17.6 Å². The summed E-state index contributed by atoms with van der Waals surface area (Å²) in [6, 6.07) is 0. The standard InChI is InChI=1S/C12H26N2S/c1-11(2)8-13-4-6-14(7-5-13)9-12(3)10-15/h11-12,15H,4-10H2,1-3H3. The summed E-state index contributed by atoms with van der Waals surface area (Å²) in [7, 11) is 0. The molecule has 1 aliphatic heterocycles. The first kappa shape index (κ1) is 13.3. The zero-order valence-electron chi connectivity index (χ0n) is 10.4. The number of piperazine rings is 1. The molecule has 0 aliphatic carbocycles. The van der Waals surface area contributed by atoms with Gasteiger partial charge >= 0.3 is 0 Å². The van der Waals surface area contributed by atoms with E-state index in [1.54, 1.807) is 0 Å². The lowest BCUT2D eigenvalue weighted by Crippen LogP contribution is -2.48. The van der Waals surface area contributed by atoms with Crippen LogP contribution in [0.15, 0.2) is 0 Å². The SMILES string of the molecule is CC(C)CN1CCN(CC(C)CS)CC1. The van der Waals surface area contributed by atoms with Crippen molar-refractivity contribution in [3.05, 3.63) is 0 Å². The van der Waals surface area contributed by atoms with Crippen molar-refractivity contribution >= 4 is 12.6 Å². The van der Waals surface area contributed by atoms with Crippen molar-refractivity contribution in [2.24, 2.45) is 11.8 Å². The highest BCUT2D eigenvalue weighted by Gasteiger charge is 2.18. The summed E-state index contributed by atoms with van der Waals surface area (Å²) >= 11 is 4.34. The lowest BCUT2D eigenvalue weighted by atomic mass is 10.1. The molecular weight excluding hydrogens is 204 g/mol. The van der Waals surface area contributed by atoms with Crippen LogP contribution in [-0.2, 0) is 0 Å². The Morgan fingerprint density at radius 1 is 0.933 bits per heavy atom. The molecule has 1 atom stereocenters. The van der Waals surface area contributed by atoms with Crippen molar-refractivity contribution in [3.63, 3.8) is 0 Å². The number of hydrogen-bond donors (Lipinski definition) is 1. The smallest absolute Gasteiger partial charge is 0.0110 e. The van der Waals surface area contributed by atoms with Gasteiger partial charge < -0.3 is 9.80 Å². The summed E-state index contributed by atoms with van der Waals surface area (Å²) in [5, 5.41) is 0. The Kier molecular flexibility index (Phi) is 6.02. The lowest BCUT2D eigenvalue weighted by molar-refractivity contribution is 0.114. The molecule has 0 saturated carbocycles. The summed E-state index contributed by atoms with van der Waals surface area (Å²) < 4.78 is 0. The molecule has 0 aromatic rings. The first-order valence-electron chi connectivity index (χ1n) is 6.17. The van der Waals surface area contributed by atoms with Crippen LogP contribution in [-0.4, -0.2) is 54.8 Å². The van der Waals surface area contributed by atoms with E-state index in [0.29, 0.717) is 0 Å². The molecule has 15 heavy (non-hydrogen) atoms. The van der Waals surface area contributed by atoms with Crippen molar-refractivity contribution < 1.29 is 0 Å². The maximum atomic E-state index is 4.34. The molecule has 1 aliphatic rings. The van der Waals surface area contributed by atoms with Gasteiger partial charge in [0.05, 0.1) is 0 Å². The fourth-order valence-corrected chi connectivity index (χ4v) is 2.28. The van der Waals surface area contributed by atoms with Gasteiger partial charge in [0.2, 0.25) is 0 Å². The maximum Gasteiger partial charge on any atom is 0.0110 e. The number of hydrogen-bond acceptors (Lipinski definition) is 3. The second-order valence-electron chi connectivity index (χ2n) is 5.28. The van der Waals surface area contributed by atoms with Gasteiger partial charge in [0.25, 0.3) is 0 Å². The zero-order valence-corrected chi connectivity index (χ0v) is 11.3. The molecular formula is C12H26N2S. The third-order valence-electron chi connectivity index (χ3n) is 2.97. The molecule has 1 saturated heterocycles. The third kappa shape index (κ3) is 5.23. The molecule has 3 heteroatoms. The lowest BCUT2D eigenvalue weighted by Gasteiger charge is -2.36. The van der Waals surface area contributed by atoms with Crippen LogP contribution in [0, 0.1) is 11.8 Å². The van der Waals surface area contributed by atoms with Crippen LogP contribution in [0.2, 0.25) is 0 Å². The molecule has 1 rings (SSSR count). The van der Waals surface area contributed by atoms with Crippen molar-refractivity contribution in [1.82, 2.24) is 9.80 Å².